The number of amides is 1. The highest BCUT2D eigenvalue weighted by molar-refractivity contribution is 9.10. The number of ether oxygens (including phenoxy) is 1. The average molecular weight is 360 g/mol. The lowest BCUT2D eigenvalue weighted by molar-refractivity contribution is -0.136. The summed E-state index contributed by atoms with van der Waals surface area (Å²) in [7, 11) is 1.27. The normalized spacial score (nSPS) is 10.9. The third-order valence-electron chi connectivity index (χ3n) is 2.89. The maximum atomic E-state index is 12.2. The number of carbonyl (C=O) groups excluding carboxylic acids is 2. The lowest BCUT2D eigenvalue weighted by atomic mass is 10.1. The standard InChI is InChI=1S/C17H14BrNO3/c1-22-17(21)15(11-13-9-5-6-10-14(13)18)19-16(20)12-7-3-2-4-8-12/h2-11H,1H3,(H,19,20)/b15-11-. The van der Waals surface area contributed by atoms with E-state index in [9.17, 15) is 9.59 Å². The first-order valence-electron chi connectivity index (χ1n) is 6.52. The van der Waals surface area contributed by atoms with Gasteiger partial charge in [0.2, 0.25) is 0 Å². The number of nitrogens with one attached hydrogen (secondary N) is 1. The van der Waals surface area contributed by atoms with Crippen molar-refractivity contribution in [3.05, 3.63) is 75.9 Å². The number of hydrogen-bond donors (Lipinski definition) is 1. The summed E-state index contributed by atoms with van der Waals surface area (Å²) >= 11 is 3.40. The van der Waals surface area contributed by atoms with Gasteiger partial charge in [0.15, 0.2) is 0 Å². The lowest BCUT2D eigenvalue weighted by Crippen LogP contribution is -2.28. The quantitative estimate of drug-likeness (QED) is 0.672. The summed E-state index contributed by atoms with van der Waals surface area (Å²) in [5.41, 5.74) is 1.30. The minimum atomic E-state index is -0.611. The van der Waals surface area contributed by atoms with Crippen LogP contribution in [0.5, 0.6) is 0 Å². The minimum absolute atomic E-state index is 0.0725. The third kappa shape index (κ3) is 4.05. The van der Waals surface area contributed by atoms with Gasteiger partial charge in [-0.3, -0.25) is 4.79 Å². The fraction of sp³-hybridized carbons (Fsp3) is 0.0588. The SMILES string of the molecule is COC(=O)/C(=C/c1ccccc1Br)NC(=O)c1ccccc1. The van der Waals surface area contributed by atoms with Gasteiger partial charge in [-0.05, 0) is 29.8 Å². The molecule has 2 aromatic rings. The topological polar surface area (TPSA) is 55.4 Å². The summed E-state index contributed by atoms with van der Waals surface area (Å²) in [4.78, 5) is 24.1. The van der Waals surface area contributed by atoms with Crippen molar-refractivity contribution in [2.45, 2.75) is 0 Å². The second kappa shape index (κ2) is 7.56. The van der Waals surface area contributed by atoms with E-state index in [1.54, 1.807) is 30.3 Å². The molecule has 0 aliphatic rings. The van der Waals surface area contributed by atoms with Crippen LogP contribution in [-0.2, 0) is 9.53 Å². The Morgan fingerprint density at radius 1 is 1.05 bits per heavy atom. The predicted molar refractivity (Wildman–Crippen MR) is 88.0 cm³/mol. The van der Waals surface area contributed by atoms with Gasteiger partial charge in [-0.25, -0.2) is 4.79 Å². The second-order valence-electron chi connectivity index (χ2n) is 4.39. The molecule has 0 unspecified atom stereocenters. The van der Waals surface area contributed by atoms with E-state index in [4.69, 9.17) is 4.74 Å². The lowest BCUT2D eigenvalue weighted by Gasteiger charge is -2.09. The van der Waals surface area contributed by atoms with Crippen LogP contribution >= 0.6 is 15.9 Å². The smallest absolute Gasteiger partial charge is 0.354 e. The Labute approximate surface area is 136 Å². The first-order valence-corrected chi connectivity index (χ1v) is 7.32. The number of halogens is 1. The zero-order chi connectivity index (χ0) is 15.9. The summed E-state index contributed by atoms with van der Waals surface area (Å²) in [5.74, 6) is -0.982. The second-order valence-corrected chi connectivity index (χ2v) is 5.25. The van der Waals surface area contributed by atoms with Crippen LogP contribution < -0.4 is 5.32 Å². The van der Waals surface area contributed by atoms with Crippen LogP contribution in [0.15, 0.2) is 64.8 Å². The highest BCUT2D eigenvalue weighted by Crippen LogP contribution is 2.18. The molecule has 0 saturated heterocycles. The molecule has 0 fully saturated rings. The van der Waals surface area contributed by atoms with E-state index in [1.165, 1.54) is 7.11 Å². The molecule has 1 amide bonds. The largest absolute Gasteiger partial charge is 0.464 e. The van der Waals surface area contributed by atoms with Crippen LogP contribution in [0.2, 0.25) is 0 Å². The van der Waals surface area contributed by atoms with Crippen molar-refractivity contribution < 1.29 is 14.3 Å². The van der Waals surface area contributed by atoms with Crippen molar-refractivity contribution >= 4 is 33.9 Å². The van der Waals surface area contributed by atoms with Crippen LogP contribution in [-0.4, -0.2) is 19.0 Å². The van der Waals surface area contributed by atoms with Gasteiger partial charge < -0.3 is 10.1 Å². The van der Waals surface area contributed by atoms with Crippen molar-refractivity contribution in [3.63, 3.8) is 0 Å². The van der Waals surface area contributed by atoms with Crippen molar-refractivity contribution in [1.29, 1.82) is 0 Å². The first kappa shape index (κ1) is 16.0. The molecule has 0 spiro atoms. The Bertz CT molecular complexity index is 711. The minimum Gasteiger partial charge on any atom is -0.464 e. The molecule has 2 aromatic carbocycles. The molecule has 0 heterocycles. The van der Waals surface area contributed by atoms with Gasteiger partial charge in [-0.15, -0.1) is 0 Å². The summed E-state index contributed by atoms with van der Waals surface area (Å²) in [6, 6.07) is 16.0. The zero-order valence-corrected chi connectivity index (χ0v) is 13.5. The third-order valence-corrected chi connectivity index (χ3v) is 3.62. The number of rotatable bonds is 4. The molecule has 2 rings (SSSR count). The van der Waals surface area contributed by atoms with E-state index in [0.717, 1.165) is 10.0 Å². The summed E-state index contributed by atoms with van der Waals surface area (Å²) in [5, 5.41) is 2.59. The number of carbonyl (C=O) groups is 2. The Kier molecular flexibility index (Phi) is 5.49. The molecule has 5 heteroatoms. The van der Waals surface area contributed by atoms with Crippen molar-refractivity contribution in [2.24, 2.45) is 0 Å². The molecular formula is C17H14BrNO3. The molecule has 0 aliphatic carbocycles. The van der Waals surface area contributed by atoms with Crippen LogP contribution in [0.25, 0.3) is 6.08 Å². The van der Waals surface area contributed by atoms with Crippen LogP contribution in [0.1, 0.15) is 15.9 Å². The van der Waals surface area contributed by atoms with E-state index in [0.29, 0.717) is 5.56 Å². The number of methoxy groups -OCH3 is 1. The molecule has 112 valence electrons. The van der Waals surface area contributed by atoms with Gasteiger partial charge in [0.1, 0.15) is 5.70 Å². The van der Waals surface area contributed by atoms with Crippen LogP contribution in [0.4, 0.5) is 0 Å². The van der Waals surface area contributed by atoms with Crippen LogP contribution in [0.3, 0.4) is 0 Å². The zero-order valence-electron chi connectivity index (χ0n) is 11.9. The van der Waals surface area contributed by atoms with Gasteiger partial charge >= 0.3 is 5.97 Å². The molecule has 0 saturated carbocycles. The Morgan fingerprint density at radius 2 is 1.68 bits per heavy atom. The molecular weight excluding hydrogens is 346 g/mol. The van der Waals surface area contributed by atoms with E-state index in [1.807, 2.05) is 30.3 Å². The maximum Gasteiger partial charge on any atom is 0.354 e. The molecule has 4 nitrogen and oxygen atoms in total. The van der Waals surface area contributed by atoms with Gasteiger partial charge in [-0.1, -0.05) is 52.3 Å². The molecule has 0 aromatic heterocycles. The fourth-order valence-corrected chi connectivity index (χ4v) is 2.19. The molecule has 0 aliphatic heterocycles. The molecule has 0 atom stereocenters. The van der Waals surface area contributed by atoms with Crippen molar-refractivity contribution in [3.8, 4) is 0 Å². The van der Waals surface area contributed by atoms with Crippen LogP contribution in [0, 0.1) is 0 Å². The van der Waals surface area contributed by atoms with Crippen molar-refractivity contribution in [2.75, 3.05) is 7.11 Å². The first-order chi connectivity index (χ1) is 10.6. The monoisotopic (exact) mass is 359 g/mol. The molecule has 0 radical (unpaired) electrons. The summed E-state index contributed by atoms with van der Waals surface area (Å²) < 4.78 is 5.53. The van der Waals surface area contributed by atoms with Gasteiger partial charge in [0.05, 0.1) is 7.11 Å². The van der Waals surface area contributed by atoms with Gasteiger partial charge in [0.25, 0.3) is 5.91 Å². The van der Waals surface area contributed by atoms with E-state index in [-0.39, 0.29) is 11.6 Å². The molecule has 1 N–H and O–H groups in total. The Balaban J connectivity index is 2.30. The number of esters is 1. The van der Waals surface area contributed by atoms with Gasteiger partial charge in [-0.2, -0.15) is 0 Å². The maximum absolute atomic E-state index is 12.2. The fourth-order valence-electron chi connectivity index (χ4n) is 1.79. The van der Waals surface area contributed by atoms with E-state index < -0.39 is 5.97 Å². The highest BCUT2D eigenvalue weighted by atomic mass is 79.9. The van der Waals surface area contributed by atoms with Crippen molar-refractivity contribution in [1.82, 2.24) is 5.32 Å². The Morgan fingerprint density at radius 3 is 2.32 bits per heavy atom. The summed E-state index contributed by atoms with van der Waals surface area (Å²) in [6.45, 7) is 0. The van der Waals surface area contributed by atoms with E-state index >= 15 is 0 Å². The van der Waals surface area contributed by atoms with E-state index in [2.05, 4.69) is 21.2 Å². The average Bonchev–Trinajstić information content (AvgIpc) is 2.56. The Hall–Kier alpha value is -2.40. The predicted octanol–water partition coefficient (Wildman–Crippen LogP) is 3.39. The molecule has 22 heavy (non-hydrogen) atoms. The molecule has 0 bridgehead atoms. The number of benzene rings is 2. The summed E-state index contributed by atoms with van der Waals surface area (Å²) in [6.07, 6.45) is 1.57. The highest BCUT2D eigenvalue weighted by Gasteiger charge is 2.15. The van der Waals surface area contributed by atoms with Gasteiger partial charge in [0, 0.05) is 10.0 Å². The number of hydrogen-bond acceptors (Lipinski definition) is 3.